The Morgan fingerprint density at radius 3 is 2.86 bits per heavy atom. The van der Waals surface area contributed by atoms with E-state index in [4.69, 9.17) is 10.5 Å². The van der Waals surface area contributed by atoms with E-state index in [-0.39, 0.29) is 49.1 Å². The number of aromatic hydroxyl groups is 1. The van der Waals surface area contributed by atoms with Crippen molar-refractivity contribution in [2.45, 2.75) is 114 Å². The lowest BCUT2D eigenvalue weighted by atomic mass is 9.53. The summed E-state index contributed by atoms with van der Waals surface area (Å²) in [5.74, 6) is 1.42. The van der Waals surface area contributed by atoms with Gasteiger partial charge < -0.3 is 40.7 Å². The fourth-order valence-electron chi connectivity index (χ4n) is 10.0. The van der Waals surface area contributed by atoms with E-state index in [2.05, 4.69) is 47.1 Å². The second kappa shape index (κ2) is 13.2. The summed E-state index contributed by atoms with van der Waals surface area (Å²) in [6, 6.07) is 12.0. The van der Waals surface area contributed by atoms with E-state index in [0.717, 1.165) is 30.3 Å². The van der Waals surface area contributed by atoms with Crippen LogP contribution in [0.2, 0.25) is 0 Å². The van der Waals surface area contributed by atoms with Crippen LogP contribution in [-0.4, -0.2) is 42.9 Å². The van der Waals surface area contributed by atoms with Gasteiger partial charge in [-0.1, -0.05) is 44.0 Å². The van der Waals surface area contributed by atoms with E-state index < -0.39 is 12.2 Å². The lowest BCUT2D eigenvalue weighted by molar-refractivity contribution is -0.121. The number of phenolic OH excluding ortho intramolecular Hbond substituents is 1. The largest absolute Gasteiger partial charge is 0.504 e. The second-order valence-corrected chi connectivity index (χ2v) is 15.2. The quantitative estimate of drug-likeness (QED) is 0.0925. The molecule has 1 aliphatic heterocycles. The molecule has 1 saturated carbocycles. The van der Waals surface area contributed by atoms with Crippen LogP contribution in [0.5, 0.6) is 11.5 Å². The lowest BCUT2D eigenvalue weighted by Gasteiger charge is -2.51. The number of nitrogens with two attached hydrogens (primary N) is 1. The Morgan fingerprint density at radius 2 is 2.00 bits per heavy atom. The number of nitrogens with zero attached hydrogens (tertiary/aromatic N) is 1. The maximum atomic E-state index is 12.5. The van der Waals surface area contributed by atoms with Crippen molar-refractivity contribution < 1.29 is 24.9 Å². The van der Waals surface area contributed by atoms with Crippen molar-refractivity contribution in [2.24, 2.45) is 17.6 Å². The second-order valence-electron chi connectivity index (χ2n) is 15.2. The highest BCUT2D eigenvalue weighted by Gasteiger charge is 2.56. The molecule has 0 radical (unpaired) electrons. The molecule has 7 N–H and O–H groups in total. The molecule has 0 spiro atoms. The Labute approximate surface area is 293 Å². The van der Waals surface area contributed by atoms with Crippen LogP contribution in [0.1, 0.15) is 112 Å². The highest BCUT2D eigenvalue weighted by atomic mass is 16.5. The van der Waals surface area contributed by atoms with Gasteiger partial charge in [-0.05, 0) is 109 Å². The number of carbonyl (C=O) groups is 1. The number of rotatable bonds is 13. The fraction of sp³-hybridized carbons (Fsp3) is 0.488. The van der Waals surface area contributed by atoms with Crippen molar-refractivity contribution in [3.05, 3.63) is 88.5 Å². The van der Waals surface area contributed by atoms with Crippen molar-refractivity contribution in [2.75, 3.05) is 0 Å². The summed E-state index contributed by atoms with van der Waals surface area (Å²) in [5, 5.41) is 35.7. The number of hydrogen-bond donors (Lipinski definition) is 6. The van der Waals surface area contributed by atoms with Gasteiger partial charge in [0.05, 0.1) is 17.7 Å². The fourth-order valence-corrected chi connectivity index (χ4v) is 10.0. The third-order valence-corrected chi connectivity index (χ3v) is 12.1. The standard InChI is InChI=1S/C41H50N4O5/c1-2-6-25(46)18-27(48)19-26(47)14-12-24-13-15-36(49)37(17-24)50-23-45-21-30-33(20-43-35(30)22-45)41-16-5-10-31(41)28-7-4-11-34-39(28)38-29(40(42)44-34)8-3-9-32(38)41/h3,8-9,13,15,17,20-22,25,27-28,31,40,43-44,46,48-49H,2,4-7,10-12,14,16,18-19,23,42H2,1H3. The smallest absolute Gasteiger partial charge is 0.165 e. The van der Waals surface area contributed by atoms with Gasteiger partial charge in [0.1, 0.15) is 11.9 Å². The first kappa shape index (κ1) is 33.1. The van der Waals surface area contributed by atoms with E-state index in [1.54, 1.807) is 18.2 Å². The SMILES string of the molecule is CCCC(O)CC(O)CC(=O)CCc1ccc(O)c(OCn2cc3[nH]cc(C45CCCC4C4CCCC6=C4c4c(cccc45)C(N)N6)c3c2)c1. The number of aryl methyl sites for hydroxylation is 1. The molecule has 3 aliphatic carbocycles. The van der Waals surface area contributed by atoms with Crippen molar-refractivity contribution in [1.82, 2.24) is 14.9 Å². The average molecular weight is 679 g/mol. The average Bonchev–Trinajstić information content (AvgIpc) is 3.82. The number of hydrogen-bond acceptors (Lipinski definition) is 7. The number of aliphatic hydroxyl groups is 2. The number of Topliss-reactive ketones (excluding diaryl/α,β-unsaturated/α-hetero) is 1. The number of ether oxygens (including phenoxy) is 1. The molecular formula is C41H50N4O5. The van der Waals surface area contributed by atoms with Crippen LogP contribution in [0, 0.1) is 11.8 Å². The molecule has 50 heavy (non-hydrogen) atoms. The van der Waals surface area contributed by atoms with Crippen molar-refractivity contribution in [3.63, 3.8) is 0 Å². The molecule has 9 nitrogen and oxygen atoms in total. The first-order valence-corrected chi connectivity index (χ1v) is 18.7. The summed E-state index contributed by atoms with van der Waals surface area (Å²) in [5.41, 5.74) is 16.9. The van der Waals surface area contributed by atoms with Crippen LogP contribution in [0.4, 0.5) is 0 Å². The van der Waals surface area contributed by atoms with E-state index in [9.17, 15) is 20.1 Å². The van der Waals surface area contributed by atoms with Crippen molar-refractivity contribution in [1.29, 1.82) is 0 Å². The van der Waals surface area contributed by atoms with Gasteiger partial charge in [-0.2, -0.15) is 0 Å². The number of H-pyrrole nitrogens is 1. The molecule has 2 aromatic heterocycles. The van der Waals surface area contributed by atoms with E-state index >= 15 is 0 Å². The Morgan fingerprint density at radius 1 is 1.12 bits per heavy atom. The summed E-state index contributed by atoms with van der Waals surface area (Å²) in [6.45, 7) is 2.20. The van der Waals surface area contributed by atoms with E-state index in [1.807, 2.05) is 11.5 Å². The van der Waals surface area contributed by atoms with Gasteiger partial charge in [-0.3, -0.25) is 4.79 Å². The van der Waals surface area contributed by atoms with E-state index in [0.29, 0.717) is 30.4 Å². The first-order valence-electron chi connectivity index (χ1n) is 18.7. The number of fused-ring (bicyclic) bond motifs is 4. The van der Waals surface area contributed by atoms with Gasteiger partial charge >= 0.3 is 0 Å². The minimum atomic E-state index is -0.837. The Balaban J connectivity index is 1.01. The third kappa shape index (κ3) is 5.63. The minimum Gasteiger partial charge on any atom is -0.504 e. The summed E-state index contributed by atoms with van der Waals surface area (Å²) in [7, 11) is 0. The van der Waals surface area contributed by atoms with Crippen LogP contribution in [0.15, 0.2) is 60.7 Å². The number of aliphatic hydroxyl groups excluding tert-OH is 2. The number of benzene rings is 2. The predicted octanol–water partition coefficient (Wildman–Crippen LogP) is 6.69. The normalized spacial score (nSPS) is 24.8. The molecule has 6 atom stereocenters. The molecule has 9 heteroatoms. The minimum absolute atomic E-state index is 0.0318. The molecule has 0 amide bonds. The molecule has 0 bridgehead atoms. The van der Waals surface area contributed by atoms with Gasteiger partial charge in [0.2, 0.25) is 0 Å². The highest BCUT2D eigenvalue weighted by molar-refractivity contribution is 5.88. The molecule has 1 fully saturated rings. The monoisotopic (exact) mass is 678 g/mol. The van der Waals surface area contributed by atoms with Gasteiger partial charge in [0, 0.05) is 47.9 Å². The van der Waals surface area contributed by atoms with Gasteiger partial charge in [0.15, 0.2) is 18.2 Å². The zero-order valence-electron chi connectivity index (χ0n) is 29.0. The van der Waals surface area contributed by atoms with Crippen LogP contribution >= 0.6 is 0 Å². The zero-order chi connectivity index (χ0) is 34.6. The Hall–Kier alpha value is -4.05. The van der Waals surface area contributed by atoms with E-state index in [1.165, 1.54) is 64.6 Å². The number of aromatic amines is 1. The molecule has 264 valence electrons. The summed E-state index contributed by atoms with van der Waals surface area (Å²) < 4.78 is 8.19. The first-order chi connectivity index (χ1) is 24.3. The summed E-state index contributed by atoms with van der Waals surface area (Å²) in [6.07, 6.45) is 14.4. The van der Waals surface area contributed by atoms with Crippen LogP contribution in [-0.2, 0) is 23.4 Å². The number of nitrogens with one attached hydrogen (secondary N) is 2. The molecule has 2 aromatic carbocycles. The molecule has 4 aromatic rings. The van der Waals surface area contributed by atoms with Crippen molar-refractivity contribution >= 4 is 22.3 Å². The zero-order valence-corrected chi connectivity index (χ0v) is 29.0. The maximum Gasteiger partial charge on any atom is 0.165 e. The molecule has 8 rings (SSSR count). The molecular weight excluding hydrogens is 628 g/mol. The number of allylic oxidation sites excluding steroid dienone is 2. The Bertz CT molecular complexity index is 1940. The predicted molar refractivity (Wildman–Crippen MR) is 193 cm³/mol. The number of aromatic nitrogens is 2. The van der Waals surface area contributed by atoms with Gasteiger partial charge in [-0.15, -0.1) is 0 Å². The molecule has 3 heterocycles. The number of phenols is 1. The topological polar surface area (TPSA) is 146 Å². The molecule has 6 unspecified atom stereocenters. The van der Waals surface area contributed by atoms with Gasteiger partial charge in [-0.25, -0.2) is 0 Å². The number of ketones is 1. The van der Waals surface area contributed by atoms with Crippen LogP contribution in [0.3, 0.4) is 0 Å². The van der Waals surface area contributed by atoms with Crippen LogP contribution < -0.4 is 15.8 Å². The van der Waals surface area contributed by atoms with Gasteiger partial charge in [0.25, 0.3) is 0 Å². The highest BCUT2D eigenvalue weighted by Crippen LogP contribution is 2.65. The molecule has 4 aliphatic rings. The Kier molecular flexibility index (Phi) is 8.78. The molecule has 0 saturated heterocycles. The maximum absolute atomic E-state index is 12.5. The lowest BCUT2D eigenvalue weighted by Crippen LogP contribution is -2.46. The van der Waals surface area contributed by atoms with Crippen LogP contribution in [0.25, 0.3) is 16.5 Å². The summed E-state index contributed by atoms with van der Waals surface area (Å²) >= 11 is 0. The van der Waals surface area contributed by atoms with Crippen molar-refractivity contribution in [3.8, 4) is 11.5 Å². The summed E-state index contributed by atoms with van der Waals surface area (Å²) in [4.78, 5) is 16.1. The number of carbonyl (C=O) groups excluding carboxylic acids is 1. The third-order valence-electron chi connectivity index (χ3n) is 12.1.